The van der Waals surface area contributed by atoms with Crippen LogP contribution >= 0.6 is 0 Å². The van der Waals surface area contributed by atoms with Gasteiger partial charge in [-0.25, -0.2) is 0 Å². The quantitative estimate of drug-likeness (QED) is 0.313. The number of hydrogen-bond donors (Lipinski definition) is 2. The second-order valence-electron chi connectivity index (χ2n) is 2.40. The first-order chi connectivity index (χ1) is 6.46. The first kappa shape index (κ1) is 10.3. The van der Waals surface area contributed by atoms with E-state index in [-0.39, 0.29) is 0 Å². The molecule has 0 saturated carbocycles. The monoisotopic (exact) mass is 205 g/mol. The molecule has 0 saturated heterocycles. The highest BCUT2D eigenvalue weighted by atomic mass is 19.4. The molecule has 0 aliphatic rings. The molecule has 3 N–H and O–H groups in total. The van der Waals surface area contributed by atoms with E-state index in [1.807, 2.05) is 0 Å². The fraction of sp³-hybridized carbons (Fsp3) is 0.143. The van der Waals surface area contributed by atoms with E-state index >= 15 is 0 Å². The summed E-state index contributed by atoms with van der Waals surface area (Å²) in [6.45, 7) is 0. The van der Waals surface area contributed by atoms with Crippen LogP contribution in [0.3, 0.4) is 0 Å². The topological polar surface area (TPSA) is 71.5 Å². The molecule has 76 valence electrons. The van der Waals surface area contributed by atoms with Gasteiger partial charge in [0.15, 0.2) is 5.84 Å². The molecule has 0 spiro atoms. The average Bonchev–Trinajstić information content (AvgIpc) is 2.15. The van der Waals surface area contributed by atoms with Gasteiger partial charge in [-0.05, 0) is 6.07 Å². The number of oxime groups is 1. The zero-order chi connectivity index (χ0) is 10.8. The molecular weight excluding hydrogens is 199 g/mol. The summed E-state index contributed by atoms with van der Waals surface area (Å²) in [4.78, 5) is 3.32. The standard InChI is InChI=1S/C7H6F3N3O/c8-7(9,10)5-3-12-2-1-4(5)6(11)13-14/h1-3,14H,(H2,11,13). The minimum absolute atomic E-state index is 0.394. The molecule has 0 aromatic carbocycles. The molecule has 0 radical (unpaired) electrons. The molecule has 0 aliphatic carbocycles. The highest BCUT2D eigenvalue weighted by molar-refractivity contribution is 5.98. The third-order valence-electron chi connectivity index (χ3n) is 1.51. The lowest BCUT2D eigenvalue weighted by Crippen LogP contribution is -2.20. The van der Waals surface area contributed by atoms with Crippen molar-refractivity contribution in [3.63, 3.8) is 0 Å². The number of pyridine rings is 1. The second kappa shape index (κ2) is 3.52. The van der Waals surface area contributed by atoms with Gasteiger partial charge in [0.25, 0.3) is 0 Å². The summed E-state index contributed by atoms with van der Waals surface area (Å²) in [6, 6.07) is 1.03. The van der Waals surface area contributed by atoms with Crippen LogP contribution in [0.1, 0.15) is 11.1 Å². The van der Waals surface area contributed by atoms with Crippen LogP contribution in [0.25, 0.3) is 0 Å². The highest BCUT2D eigenvalue weighted by Crippen LogP contribution is 2.30. The largest absolute Gasteiger partial charge is 0.418 e. The molecule has 0 fully saturated rings. The van der Waals surface area contributed by atoms with Crippen molar-refractivity contribution >= 4 is 5.84 Å². The van der Waals surface area contributed by atoms with Gasteiger partial charge in [0.05, 0.1) is 5.56 Å². The van der Waals surface area contributed by atoms with E-state index in [4.69, 9.17) is 10.9 Å². The van der Waals surface area contributed by atoms with E-state index in [2.05, 4.69) is 10.1 Å². The summed E-state index contributed by atoms with van der Waals surface area (Å²) in [7, 11) is 0. The molecule has 0 atom stereocenters. The van der Waals surface area contributed by atoms with Crippen molar-refractivity contribution in [1.82, 2.24) is 4.98 Å². The molecule has 0 amide bonds. The minimum atomic E-state index is -4.57. The number of halogens is 3. The Morgan fingerprint density at radius 1 is 1.50 bits per heavy atom. The number of aromatic nitrogens is 1. The molecule has 0 unspecified atom stereocenters. The molecule has 1 rings (SSSR count). The Kier molecular flexibility index (Phi) is 2.59. The molecule has 14 heavy (non-hydrogen) atoms. The Bertz CT molecular complexity index is 361. The SMILES string of the molecule is NC(=NO)c1ccncc1C(F)(F)F. The van der Waals surface area contributed by atoms with Crippen LogP contribution in [0, 0.1) is 0 Å². The predicted molar refractivity (Wildman–Crippen MR) is 41.7 cm³/mol. The third kappa shape index (κ3) is 1.93. The van der Waals surface area contributed by atoms with Crippen LogP contribution in [0.2, 0.25) is 0 Å². The maximum atomic E-state index is 12.3. The van der Waals surface area contributed by atoms with Crippen molar-refractivity contribution < 1.29 is 18.4 Å². The lowest BCUT2D eigenvalue weighted by atomic mass is 10.1. The zero-order valence-corrected chi connectivity index (χ0v) is 6.78. The fourth-order valence-electron chi connectivity index (χ4n) is 0.898. The summed E-state index contributed by atoms with van der Waals surface area (Å²) in [5.74, 6) is -0.597. The molecule has 1 aromatic rings. The van der Waals surface area contributed by atoms with Gasteiger partial charge < -0.3 is 10.9 Å². The maximum Gasteiger partial charge on any atom is 0.418 e. The molecule has 0 aliphatic heterocycles. The van der Waals surface area contributed by atoms with Crippen molar-refractivity contribution in [2.45, 2.75) is 6.18 Å². The van der Waals surface area contributed by atoms with Crippen molar-refractivity contribution in [1.29, 1.82) is 0 Å². The van der Waals surface area contributed by atoms with Crippen LogP contribution in [-0.2, 0) is 6.18 Å². The van der Waals surface area contributed by atoms with E-state index in [1.165, 1.54) is 0 Å². The predicted octanol–water partition coefficient (Wildman–Crippen LogP) is 1.19. The van der Waals surface area contributed by atoms with E-state index in [0.717, 1.165) is 12.3 Å². The summed E-state index contributed by atoms with van der Waals surface area (Å²) in [5, 5.41) is 10.8. The lowest BCUT2D eigenvalue weighted by Gasteiger charge is -2.10. The van der Waals surface area contributed by atoms with Gasteiger partial charge in [-0.3, -0.25) is 4.98 Å². The number of rotatable bonds is 1. The third-order valence-corrected chi connectivity index (χ3v) is 1.51. The Hall–Kier alpha value is -1.79. The van der Waals surface area contributed by atoms with Crippen molar-refractivity contribution in [3.8, 4) is 0 Å². The summed E-state index contributed by atoms with van der Waals surface area (Å²) in [6.07, 6.45) is -2.82. The molecule has 1 heterocycles. The average molecular weight is 205 g/mol. The van der Waals surface area contributed by atoms with E-state index < -0.39 is 23.1 Å². The van der Waals surface area contributed by atoms with Crippen LogP contribution in [0.15, 0.2) is 23.6 Å². The van der Waals surface area contributed by atoms with Crippen LogP contribution in [0.4, 0.5) is 13.2 Å². The second-order valence-corrected chi connectivity index (χ2v) is 2.40. The van der Waals surface area contributed by atoms with Gasteiger partial charge in [0.1, 0.15) is 0 Å². The van der Waals surface area contributed by atoms with Gasteiger partial charge in [0.2, 0.25) is 0 Å². The molecular formula is C7H6F3N3O. The number of amidine groups is 1. The molecule has 7 heteroatoms. The van der Waals surface area contributed by atoms with Crippen LogP contribution < -0.4 is 5.73 Å². The van der Waals surface area contributed by atoms with Gasteiger partial charge in [-0.1, -0.05) is 5.16 Å². The van der Waals surface area contributed by atoms with Crippen molar-refractivity contribution in [2.24, 2.45) is 10.9 Å². The van der Waals surface area contributed by atoms with Crippen molar-refractivity contribution in [3.05, 3.63) is 29.6 Å². The first-order valence-electron chi connectivity index (χ1n) is 3.46. The summed E-state index contributed by atoms with van der Waals surface area (Å²) in [5.41, 5.74) is 3.64. The Morgan fingerprint density at radius 3 is 2.64 bits per heavy atom. The van der Waals surface area contributed by atoms with Crippen LogP contribution in [-0.4, -0.2) is 16.0 Å². The number of nitrogens with zero attached hydrogens (tertiary/aromatic N) is 2. The highest BCUT2D eigenvalue weighted by Gasteiger charge is 2.34. The first-order valence-corrected chi connectivity index (χ1v) is 3.46. The lowest BCUT2D eigenvalue weighted by molar-refractivity contribution is -0.137. The molecule has 0 bridgehead atoms. The number of alkyl halides is 3. The van der Waals surface area contributed by atoms with Gasteiger partial charge in [-0.2, -0.15) is 13.2 Å². The van der Waals surface area contributed by atoms with E-state index in [0.29, 0.717) is 6.20 Å². The zero-order valence-electron chi connectivity index (χ0n) is 6.78. The van der Waals surface area contributed by atoms with Gasteiger partial charge >= 0.3 is 6.18 Å². The van der Waals surface area contributed by atoms with Crippen LogP contribution in [0.5, 0.6) is 0 Å². The fourth-order valence-corrected chi connectivity index (χ4v) is 0.898. The Labute approximate surface area is 76.9 Å². The summed E-state index contributed by atoms with van der Waals surface area (Å²) < 4.78 is 36.9. The normalized spacial score (nSPS) is 12.9. The molecule has 1 aromatic heterocycles. The Morgan fingerprint density at radius 2 is 2.14 bits per heavy atom. The van der Waals surface area contributed by atoms with Gasteiger partial charge in [0, 0.05) is 18.0 Å². The smallest absolute Gasteiger partial charge is 0.409 e. The Balaban J connectivity index is 3.31. The van der Waals surface area contributed by atoms with Gasteiger partial charge in [-0.15, -0.1) is 0 Å². The van der Waals surface area contributed by atoms with Crippen molar-refractivity contribution in [2.75, 3.05) is 0 Å². The number of hydrogen-bond acceptors (Lipinski definition) is 3. The van der Waals surface area contributed by atoms with E-state index in [1.54, 1.807) is 0 Å². The summed E-state index contributed by atoms with van der Waals surface area (Å²) >= 11 is 0. The maximum absolute atomic E-state index is 12.3. The minimum Gasteiger partial charge on any atom is -0.409 e. The van der Waals surface area contributed by atoms with E-state index in [9.17, 15) is 13.2 Å². The number of nitrogens with two attached hydrogens (primary N) is 1. The molecule has 4 nitrogen and oxygen atoms in total.